The summed E-state index contributed by atoms with van der Waals surface area (Å²) in [6.45, 7) is 0.210. The first-order valence-corrected chi connectivity index (χ1v) is 8.92. The number of rotatable bonds is 5. The summed E-state index contributed by atoms with van der Waals surface area (Å²) in [5, 5.41) is 2.63. The number of hydrogen-bond acceptors (Lipinski definition) is 5. The van der Waals surface area contributed by atoms with Crippen molar-refractivity contribution in [1.82, 2.24) is 14.9 Å². The molecule has 0 saturated carbocycles. The Morgan fingerprint density at radius 2 is 2.09 bits per heavy atom. The minimum Gasteiger partial charge on any atom is -0.445 e. The van der Waals surface area contributed by atoms with Crippen molar-refractivity contribution in [3.63, 3.8) is 0 Å². The molecule has 23 heavy (non-hydrogen) atoms. The van der Waals surface area contributed by atoms with Crippen molar-refractivity contribution in [2.45, 2.75) is 12.6 Å². The SMILES string of the molecule is CS(=O)(=O)NC[C@@H]1CN(C(=O)OCc2ccccc2)CC(=O)N1. The molecule has 1 heterocycles. The van der Waals surface area contributed by atoms with Gasteiger partial charge in [0.05, 0.1) is 12.3 Å². The second kappa shape index (κ2) is 7.42. The monoisotopic (exact) mass is 341 g/mol. The summed E-state index contributed by atoms with van der Waals surface area (Å²) >= 11 is 0. The van der Waals surface area contributed by atoms with Gasteiger partial charge in [-0.25, -0.2) is 17.9 Å². The maximum absolute atomic E-state index is 12.0. The summed E-state index contributed by atoms with van der Waals surface area (Å²) in [5.74, 6) is -0.354. The molecule has 1 atom stereocenters. The number of hydrogen-bond donors (Lipinski definition) is 2. The molecule has 2 N–H and O–H groups in total. The fourth-order valence-corrected chi connectivity index (χ4v) is 2.64. The molecule has 0 bridgehead atoms. The third kappa shape index (κ3) is 5.87. The van der Waals surface area contributed by atoms with Crippen molar-refractivity contribution in [2.75, 3.05) is 25.9 Å². The molecule has 9 heteroatoms. The van der Waals surface area contributed by atoms with Crippen LogP contribution in [-0.2, 0) is 26.2 Å². The maximum Gasteiger partial charge on any atom is 0.410 e. The Hall–Kier alpha value is -2.13. The van der Waals surface area contributed by atoms with Gasteiger partial charge in [-0.3, -0.25) is 9.69 Å². The minimum absolute atomic E-state index is 0.0209. The number of amides is 2. The van der Waals surface area contributed by atoms with Crippen LogP contribution in [0.5, 0.6) is 0 Å². The van der Waals surface area contributed by atoms with Gasteiger partial charge < -0.3 is 10.1 Å². The molecule has 8 nitrogen and oxygen atoms in total. The third-order valence-corrected chi connectivity index (χ3v) is 3.89. The van der Waals surface area contributed by atoms with Gasteiger partial charge in [0, 0.05) is 13.1 Å². The lowest BCUT2D eigenvalue weighted by molar-refractivity contribution is -0.125. The van der Waals surface area contributed by atoms with Gasteiger partial charge in [0.2, 0.25) is 15.9 Å². The quantitative estimate of drug-likeness (QED) is 0.763. The predicted octanol–water partition coefficient (Wildman–Crippen LogP) is -0.327. The van der Waals surface area contributed by atoms with E-state index in [2.05, 4.69) is 10.0 Å². The van der Waals surface area contributed by atoms with E-state index in [4.69, 9.17) is 4.74 Å². The van der Waals surface area contributed by atoms with Crippen LogP contribution in [0.15, 0.2) is 30.3 Å². The lowest BCUT2D eigenvalue weighted by Crippen LogP contribution is -2.59. The Balaban J connectivity index is 1.87. The zero-order valence-electron chi connectivity index (χ0n) is 12.7. The van der Waals surface area contributed by atoms with E-state index in [0.717, 1.165) is 11.8 Å². The molecule has 126 valence electrons. The Morgan fingerprint density at radius 3 is 2.74 bits per heavy atom. The number of benzene rings is 1. The molecule has 2 amide bonds. The molecule has 0 spiro atoms. The Labute approximate surface area is 134 Å². The van der Waals surface area contributed by atoms with Crippen molar-refractivity contribution >= 4 is 22.0 Å². The Bertz CT molecular complexity index is 662. The van der Waals surface area contributed by atoms with Crippen LogP contribution in [0.4, 0.5) is 4.79 Å². The van der Waals surface area contributed by atoms with Crippen molar-refractivity contribution in [1.29, 1.82) is 0 Å². The van der Waals surface area contributed by atoms with E-state index in [1.54, 1.807) is 0 Å². The van der Waals surface area contributed by atoms with E-state index in [1.165, 1.54) is 4.90 Å². The summed E-state index contributed by atoms with van der Waals surface area (Å²) in [6, 6.07) is 8.70. The number of carbonyl (C=O) groups is 2. The topological polar surface area (TPSA) is 105 Å². The zero-order chi connectivity index (χ0) is 16.9. The molecular weight excluding hydrogens is 322 g/mol. The van der Waals surface area contributed by atoms with E-state index in [9.17, 15) is 18.0 Å². The smallest absolute Gasteiger partial charge is 0.410 e. The van der Waals surface area contributed by atoms with Crippen LogP contribution in [0, 0.1) is 0 Å². The predicted molar refractivity (Wildman–Crippen MR) is 83.0 cm³/mol. The molecule has 0 unspecified atom stereocenters. The largest absolute Gasteiger partial charge is 0.445 e. The number of ether oxygens (including phenoxy) is 1. The first-order valence-electron chi connectivity index (χ1n) is 7.03. The van der Waals surface area contributed by atoms with E-state index in [0.29, 0.717) is 0 Å². The number of sulfonamides is 1. The molecular formula is C14H19N3O5S. The highest BCUT2D eigenvalue weighted by Crippen LogP contribution is 2.06. The van der Waals surface area contributed by atoms with Gasteiger partial charge in [-0.15, -0.1) is 0 Å². The van der Waals surface area contributed by atoms with Gasteiger partial charge in [0.15, 0.2) is 0 Å². The Morgan fingerprint density at radius 1 is 1.39 bits per heavy atom. The standard InChI is InChI=1S/C14H19N3O5S/c1-23(20,21)15-7-12-8-17(9-13(18)16-12)14(19)22-10-11-5-3-2-4-6-11/h2-6,12,15H,7-10H2,1H3,(H,16,18)/t12-/m1/s1. The van der Waals surface area contributed by atoms with Crippen LogP contribution >= 0.6 is 0 Å². The van der Waals surface area contributed by atoms with E-state index < -0.39 is 22.2 Å². The van der Waals surface area contributed by atoms with Gasteiger partial charge in [-0.1, -0.05) is 30.3 Å². The van der Waals surface area contributed by atoms with Crippen molar-refractivity contribution < 1.29 is 22.7 Å². The summed E-state index contributed by atoms with van der Waals surface area (Å²) in [7, 11) is -3.36. The first-order chi connectivity index (χ1) is 10.8. The lowest BCUT2D eigenvalue weighted by atomic mass is 10.2. The second-order valence-corrected chi connectivity index (χ2v) is 7.14. The summed E-state index contributed by atoms with van der Waals surface area (Å²) in [6.07, 6.45) is 0.428. The Kier molecular flexibility index (Phi) is 5.56. The molecule has 0 aromatic heterocycles. The molecule has 1 aromatic carbocycles. The average molecular weight is 341 g/mol. The van der Waals surface area contributed by atoms with Crippen molar-refractivity contribution in [3.05, 3.63) is 35.9 Å². The number of nitrogens with zero attached hydrogens (tertiary/aromatic N) is 1. The van der Waals surface area contributed by atoms with Gasteiger partial charge in [-0.05, 0) is 5.56 Å². The van der Waals surface area contributed by atoms with Gasteiger partial charge in [-0.2, -0.15) is 0 Å². The van der Waals surface area contributed by atoms with E-state index in [1.807, 2.05) is 30.3 Å². The second-order valence-electron chi connectivity index (χ2n) is 5.31. The summed E-state index contributed by atoms with van der Waals surface area (Å²) < 4.78 is 29.7. The molecule has 2 rings (SSSR count). The highest BCUT2D eigenvalue weighted by molar-refractivity contribution is 7.88. The van der Waals surface area contributed by atoms with E-state index >= 15 is 0 Å². The molecule has 0 aliphatic carbocycles. The summed E-state index contributed by atoms with van der Waals surface area (Å²) in [4.78, 5) is 25.0. The number of carbonyl (C=O) groups excluding carboxylic acids is 2. The number of piperazine rings is 1. The maximum atomic E-state index is 12.0. The van der Waals surface area contributed by atoms with Gasteiger partial charge in [0.25, 0.3) is 0 Å². The highest BCUT2D eigenvalue weighted by atomic mass is 32.2. The van der Waals surface area contributed by atoms with Crippen molar-refractivity contribution in [2.24, 2.45) is 0 Å². The molecule has 1 fully saturated rings. The fraction of sp³-hybridized carbons (Fsp3) is 0.429. The van der Waals surface area contributed by atoms with Crippen LogP contribution in [0.2, 0.25) is 0 Å². The van der Waals surface area contributed by atoms with Crippen LogP contribution in [0.1, 0.15) is 5.56 Å². The molecule has 1 aromatic rings. The van der Waals surface area contributed by atoms with Crippen LogP contribution in [0.25, 0.3) is 0 Å². The molecule has 1 aliphatic heterocycles. The third-order valence-electron chi connectivity index (χ3n) is 3.20. The first kappa shape index (κ1) is 17.2. The molecule has 1 aliphatic rings. The van der Waals surface area contributed by atoms with Gasteiger partial charge >= 0.3 is 6.09 Å². The fourth-order valence-electron chi connectivity index (χ4n) is 2.14. The number of nitrogens with one attached hydrogen (secondary N) is 2. The van der Waals surface area contributed by atoms with Gasteiger partial charge in [0.1, 0.15) is 13.2 Å². The van der Waals surface area contributed by atoms with Crippen LogP contribution in [0.3, 0.4) is 0 Å². The van der Waals surface area contributed by atoms with Crippen LogP contribution in [-0.4, -0.2) is 57.3 Å². The lowest BCUT2D eigenvalue weighted by Gasteiger charge is -2.32. The molecule has 0 radical (unpaired) electrons. The molecule has 1 saturated heterocycles. The zero-order valence-corrected chi connectivity index (χ0v) is 13.5. The highest BCUT2D eigenvalue weighted by Gasteiger charge is 2.29. The van der Waals surface area contributed by atoms with Crippen molar-refractivity contribution in [3.8, 4) is 0 Å². The summed E-state index contributed by atoms with van der Waals surface area (Å²) in [5.41, 5.74) is 0.845. The van der Waals surface area contributed by atoms with E-state index in [-0.39, 0.29) is 32.1 Å². The van der Waals surface area contributed by atoms with Crippen LogP contribution < -0.4 is 10.0 Å². The average Bonchev–Trinajstić information content (AvgIpc) is 2.50. The normalized spacial score (nSPS) is 18.4. The minimum atomic E-state index is -3.36.